The highest BCUT2D eigenvalue weighted by atomic mass is 14.3. The van der Waals surface area contributed by atoms with Gasteiger partial charge in [0.25, 0.3) is 0 Å². The molecule has 2 aliphatic carbocycles. The molecule has 0 saturated heterocycles. The van der Waals surface area contributed by atoms with Crippen LogP contribution in [0.25, 0.3) is 22.3 Å². The zero-order chi connectivity index (χ0) is 20.2. The lowest BCUT2D eigenvalue weighted by Gasteiger charge is -2.19. The van der Waals surface area contributed by atoms with Gasteiger partial charge in [-0.15, -0.1) is 0 Å². The molecule has 146 valence electrons. The summed E-state index contributed by atoms with van der Waals surface area (Å²) >= 11 is 0. The number of hydrogen-bond acceptors (Lipinski definition) is 0. The van der Waals surface area contributed by atoms with Crippen molar-refractivity contribution in [3.8, 4) is 22.3 Å². The highest BCUT2D eigenvalue weighted by molar-refractivity contribution is 5.80. The largest absolute Gasteiger partial charge is 0.0619 e. The fourth-order valence-electron chi connectivity index (χ4n) is 5.81. The minimum Gasteiger partial charge on any atom is -0.0619 e. The molecule has 0 nitrogen and oxygen atoms in total. The third-order valence-corrected chi connectivity index (χ3v) is 7.41. The van der Waals surface area contributed by atoms with Crippen LogP contribution in [-0.4, -0.2) is 0 Å². The van der Waals surface area contributed by atoms with E-state index in [9.17, 15) is 0 Å². The number of fused-ring (bicyclic) bond motifs is 6. The smallest absolute Gasteiger partial charge is 0.0105 e. The lowest BCUT2D eigenvalue weighted by atomic mass is 9.85. The first-order valence-electron chi connectivity index (χ1n) is 11.1. The van der Waals surface area contributed by atoms with Crippen LogP contribution in [0.5, 0.6) is 0 Å². The van der Waals surface area contributed by atoms with Gasteiger partial charge < -0.3 is 0 Å². The van der Waals surface area contributed by atoms with Crippen LogP contribution in [0.1, 0.15) is 51.3 Å². The Morgan fingerprint density at radius 2 is 1.30 bits per heavy atom. The van der Waals surface area contributed by atoms with E-state index >= 15 is 0 Å². The number of rotatable bonds is 3. The van der Waals surface area contributed by atoms with Gasteiger partial charge in [0.1, 0.15) is 0 Å². The summed E-state index contributed by atoms with van der Waals surface area (Å²) in [4.78, 5) is 0. The standard InChI is InChI=1S/C30H26/c1-19-17-29-23-10-4-3-9-21(23)18-30(29)22(20(19)2)15-16-28-26-13-7-5-11-24(26)25-12-6-8-14-27(25)28/h3-14,17,28H,15-16,18H2,1-2H3. The topological polar surface area (TPSA) is 0 Å². The summed E-state index contributed by atoms with van der Waals surface area (Å²) in [6, 6.07) is 29.4. The summed E-state index contributed by atoms with van der Waals surface area (Å²) in [5, 5.41) is 0. The van der Waals surface area contributed by atoms with Crippen molar-refractivity contribution in [2.24, 2.45) is 0 Å². The highest BCUT2D eigenvalue weighted by Crippen LogP contribution is 2.47. The van der Waals surface area contributed by atoms with Gasteiger partial charge in [-0.2, -0.15) is 0 Å². The molecule has 0 heteroatoms. The molecule has 4 aromatic carbocycles. The predicted molar refractivity (Wildman–Crippen MR) is 126 cm³/mol. The Morgan fingerprint density at radius 3 is 2.00 bits per heavy atom. The predicted octanol–water partition coefficient (Wildman–Crippen LogP) is 7.62. The molecule has 0 spiro atoms. The van der Waals surface area contributed by atoms with Gasteiger partial charge in [0, 0.05) is 5.92 Å². The van der Waals surface area contributed by atoms with Gasteiger partial charge in [0.2, 0.25) is 0 Å². The maximum atomic E-state index is 2.42. The monoisotopic (exact) mass is 386 g/mol. The van der Waals surface area contributed by atoms with E-state index in [1.807, 2.05) is 0 Å². The second-order valence-electron chi connectivity index (χ2n) is 8.92. The molecule has 0 N–H and O–H groups in total. The molecule has 0 amide bonds. The van der Waals surface area contributed by atoms with Gasteiger partial charge in [-0.3, -0.25) is 0 Å². The molecule has 30 heavy (non-hydrogen) atoms. The number of hydrogen-bond donors (Lipinski definition) is 0. The minimum atomic E-state index is 0.497. The van der Waals surface area contributed by atoms with Crippen molar-refractivity contribution in [2.75, 3.05) is 0 Å². The zero-order valence-corrected chi connectivity index (χ0v) is 17.7. The van der Waals surface area contributed by atoms with E-state index in [0.717, 1.165) is 12.8 Å². The Balaban J connectivity index is 1.40. The molecule has 0 atom stereocenters. The van der Waals surface area contributed by atoms with E-state index in [0.29, 0.717) is 5.92 Å². The lowest BCUT2D eigenvalue weighted by molar-refractivity contribution is 0.723. The van der Waals surface area contributed by atoms with Crippen molar-refractivity contribution in [2.45, 2.75) is 39.0 Å². The first kappa shape index (κ1) is 17.7. The Morgan fingerprint density at radius 1 is 0.700 bits per heavy atom. The molecule has 0 bridgehead atoms. The van der Waals surface area contributed by atoms with Crippen molar-refractivity contribution >= 4 is 0 Å². The Hall–Kier alpha value is -3.12. The Kier molecular flexibility index (Phi) is 3.96. The van der Waals surface area contributed by atoms with Crippen molar-refractivity contribution < 1.29 is 0 Å². The normalized spacial score (nSPS) is 13.7. The van der Waals surface area contributed by atoms with Gasteiger partial charge in [0.15, 0.2) is 0 Å². The molecule has 2 aliphatic rings. The molecule has 0 fully saturated rings. The summed E-state index contributed by atoms with van der Waals surface area (Å²) in [5.74, 6) is 0.497. The lowest BCUT2D eigenvalue weighted by Crippen LogP contribution is -2.04. The van der Waals surface area contributed by atoms with Crippen LogP contribution in [0.15, 0.2) is 78.9 Å². The van der Waals surface area contributed by atoms with Crippen LogP contribution in [0.3, 0.4) is 0 Å². The molecule has 0 unspecified atom stereocenters. The van der Waals surface area contributed by atoms with Crippen molar-refractivity contribution in [3.63, 3.8) is 0 Å². The average Bonchev–Trinajstić information content (AvgIpc) is 3.30. The fraction of sp³-hybridized carbons (Fsp3) is 0.200. The average molecular weight is 387 g/mol. The van der Waals surface area contributed by atoms with Crippen LogP contribution in [0.2, 0.25) is 0 Å². The van der Waals surface area contributed by atoms with Gasteiger partial charge in [-0.25, -0.2) is 0 Å². The van der Waals surface area contributed by atoms with Crippen LogP contribution < -0.4 is 0 Å². The number of benzene rings is 4. The van der Waals surface area contributed by atoms with Gasteiger partial charge in [0.05, 0.1) is 0 Å². The van der Waals surface area contributed by atoms with E-state index in [-0.39, 0.29) is 0 Å². The van der Waals surface area contributed by atoms with Gasteiger partial charge in [-0.1, -0.05) is 78.9 Å². The molecule has 0 heterocycles. The first-order valence-corrected chi connectivity index (χ1v) is 11.1. The van der Waals surface area contributed by atoms with Gasteiger partial charge >= 0.3 is 0 Å². The molecule has 0 saturated carbocycles. The molecule has 0 aliphatic heterocycles. The molecule has 6 rings (SSSR count). The summed E-state index contributed by atoms with van der Waals surface area (Å²) in [6.45, 7) is 4.60. The quantitative estimate of drug-likeness (QED) is 0.299. The Labute approximate surface area is 179 Å². The van der Waals surface area contributed by atoms with Crippen molar-refractivity contribution in [1.29, 1.82) is 0 Å². The third-order valence-electron chi connectivity index (χ3n) is 7.41. The van der Waals surface area contributed by atoms with E-state index in [1.54, 1.807) is 11.1 Å². The third kappa shape index (κ3) is 2.53. The van der Waals surface area contributed by atoms with E-state index in [1.165, 1.54) is 56.5 Å². The second kappa shape index (κ2) is 6.71. The van der Waals surface area contributed by atoms with Gasteiger partial charge in [-0.05, 0) is 94.3 Å². The molecular weight excluding hydrogens is 360 g/mol. The molecular formula is C30H26. The van der Waals surface area contributed by atoms with Crippen LogP contribution in [0, 0.1) is 13.8 Å². The molecule has 0 aromatic heterocycles. The molecule has 4 aromatic rings. The Bertz CT molecular complexity index is 1250. The van der Waals surface area contributed by atoms with Crippen LogP contribution >= 0.6 is 0 Å². The zero-order valence-electron chi connectivity index (χ0n) is 17.7. The maximum absolute atomic E-state index is 2.42. The number of aryl methyl sites for hydroxylation is 1. The van der Waals surface area contributed by atoms with E-state index in [2.05, 4.69) is 92.7 Å². The van der Waals surface area contributed by atoms with E-state index < -0.39 is 0 Å². The molecule has 0 radical (unpaired) electrons. The first-order chi connectivity index (χ1) is 14.7. The summed E-state index contributed by atoms with van der Waals surface area (Å²) in [7, 11) is 0. The van der Waals surface area contributed by atoms with Crippen LogP contribution in [-0.2, 0) is 12.8 Å². The van der Waals surface area contributed by atoms with Crippen molar-refractivity contribution in [3.05, 3.63) is 118 Å². The minimum absolute atomic E-state index is 0.497. The van der Waals surface area contributed by atoms with E-state index in [4.69, 9.17) is 0 Å². The highest BCUT2D eigenvalue weighted by Gasteiger charge is 2.29. The maximum Gasteiger partial charge on any atom is 0.0105 e. The fourth-order valence-corrected chi connectivity index (χ4v) is 5.81. The summed E-state index contributed by atoms with van der Waals surface area (Å²) in [5.41, 5.74) is 16.3. The summed E-state index contributed by atoms with van der Waals surface area (Å²) < 4.78 is 0. The second-order valence-corrected chi connectivity index (χ2v) is 8.92. The summed E-state index contributed by atoms with van der Waals surface area (Å²) in [6.07, 6.45) is 3.39. The SMILES string of the molecule is Cc1cc2c(c(CCC3c4ccccc4-c4ccccc43)c1C)Cc1ccccc1-2. The van der Waals surface area contributed by atoms with Crippen LogP contribution in [0.4, 0.5) is 0 Å². The van der Waals surface area contributed by atoms with Crippen molar-refractivity contribution in [1.82, 2.24) is 0 Å².